The second-order valence-electron chi connectivity index (χ2n) is 6.56. The van der Waals surface area contributed by atoms with Crippen molar-refractivity contribution < 1.29 is 9.53 Å². The van der Waals surface area contributed by atoms with E-state index in [4.69, 9.17) is 16.2 Å². The first-order valence-corrected chi connectivity index (χ1v) is 8.44. The molecule has 0 bridgehead atoms. The zero-order valence-electron chi connectivity index (χ0n) is 15.6. The van der Waals surface area contributed by atoms with Gasteiger partial charge in [0.05, 0.1) is 18.4 Å². The third-order valence-corrected chi connectivity index (χ3v) is 4.96. The van der Waals surface area contributed by atoms with Crippen LogP contribution in [0.5, 0.6) is 5.75 Å². The van der Waals surface area contributed by atoms with E-state index in [1.54, 1.807) is 11.6 Å². The molecule has 4 rings (SSSR count). The molecule has 0 saturated heterocycles. The molecule has 3 aromatic heterocycles. The summed E-state index contributed by atoms with van der Waals surface area (Å²) in [6, 6.07) is 5.71. The lowest BCUT2D eigenvalue weighted by Gasteiger charge is -2.17. The fourth-order valence-electron chi connectivity index (χ4n) is 3.77. The first-order valence-electron chi connectivity index (χ1n) is 8.44. The molecule has 8 nitrogen and oxygen atoms in total. The number of nitrogens with zero attached hydrogens (tertiary/aromatic N) is 4. The summed E-state index contributed by atoms with van der Waals surface area (Å²) in [5, 5.41) is 4.93. The van der Waals surface area contributed by atoms with E-state index >= 15 is 0 Å². The quantitative estimate of drug-likeness (QED) is 0.579. The number of primary amides is 1. The number of ether oxygens (including phenoxy) is 1. The van der Waals surface area contributed by atoms with Gasteiger partial charge in [-0.2, -0.15) is 5.10 Å². The number of methoxy groups -OCH3 is 1. The van der Waals surface area contributed by atoms with E-state index < -0.39 is 5.91 Å². The van der Waals surface area contributed by atoms with Gasteiger partial charge in [0.1, 0.15) is 23.4 Å². The number of hydrogen-bond acceptors (Lipinski definition) is 5. The van der Waals surface area contributed by atoms with Gasteiger partial charge in [0.15, 0.2) is 5.65 Å². The molecule has 0 saturated carbocycles. The van der Waals surface area contributed by atoms with E-state index in [2.05, 4.69) is 10.1 Å². The minimum absolute atomic E-state index is 0.271. The van der Waals surface area contributed by atoms with Crippen molar-refractivity contribution in [1.82, 2.24) is 19.2 Å². The van der Waals surface area contributed by atoms with Crippen LogP contribution in [0.25, 0.3) is 22.2 Å². The van der Waals surface area contributed by atoms with E-state index in [1.165, 1.54) is 6.33 Å². The Morgan fingerprint density at radius 3 is 2.63 bits per heavy atom. The highest BCUT2D eigenvalue weighted by atomic mass is 16.5. The second kappa shape index (κ2) is 5.73. The predicted octanol–water partition coefficient (Wildman–Crippen LogP) is 2.29. The van der Waals surface area contributed by atoms with Crippen molar-refractivity contribution in [3.63, 3.8) is 0 Å². The molecule has 138 valence electrons. The van der Waals surface area contributed by atoms with Crippen molar-refractivity contribution in [2.45, 2.75) is 20.8 Å². The molecule has 0 aliphatic carbocycles. The Bertz CT molecular complexity index is 1230. The molecule has 0 aliphatic heterocycles. The van der Waals surface area contributed by atoms with Gasteiger partial charge in [-0.3, -0.25) is 9.36 Å². The van der Waals surface area contributed by atoms with Crippen LogP contribution in [0, 0.1) is 20.8 Å². The molecular weight excluding hydrogens is 344 g/mol. The number of nitrogen functional groups attached to an aromatic ring is 1. The van der Waals surface area contributed by atoms with Gasteiger partial charge in [0, 0.05) is 16.6 Å². The van der Waals surface area contributed by atoms with Crippen LogP contribution < -0.4 is 16.2 Å². The van der Waals surface area contributed by atoms with Crippen molar-refractivity contribution >= 4 is 28.3 Å². The van der Waals surface area contributed by atoms with Crippen molar-refractivity contribution in [3.05, 3.63) is 46.9 Å². The topological polar surface area (TPSA) is 113 Å². The van der Waals surface area contributed by atoms with E-state index in [0.29, 0.717) is 16.6 Å². The third-order valence-electron chi connectivity index (χ3n) is 4.96. The number of carbonyl (C=O) groups is 1. The van der Waals surface area contributed by atoms with Crippen LogP contribution in [0.1, 0.15) is 27.2 Å². The number of aromatic nitrogens is 4. The summed E-state index contributed by atoms with van der Waals surface area (Å²) >= 11 is 0. The molecule has 0 fully saturated rings. The largest absolute Gasteiger partial charge is 0.496 e. The van der Waals surface area contributed by atoms with Gasteiger partial charge in [-0.1, -0.05) is 6.07 Å². The number of amides is 1. The second-order valence-corrected chi connectivity index (χ2v) is 6.56. The lowest BCUT2D eigenvalue weighted by Crippen LogP contribution is -2.14. The minimum atomic E-state index is -0.585. The smallest absolute Gasteiger partial charge is 0.253 e. The van der Waals surface area contributed by atoms with Crippen LogP contribution in [0.2, 0.25) is 0 Å². The zero-order valence-corrected chi connectivity index (χ0v) is 15.6. The molecule has 1 amide bonds. The van der Waals surface area contributed by atoms with Crippen LogP contribution in [0.3, 0.4) is 0 Å². The van der Waals surface area contributed by atoms with Crippen LogP contribution in [-0.4, -0.2) is 32.2 Å². The van der Waals surface area contributed by atoms with Gasteiger partial charge in [0.2, 0.25) is 0 Å². The standard InChI is InChI=1S/C19H20N6O2/c1-9-5-6-13(27-4)11(3)15(9)24-16-12(14(17(24)20)18(21)26)7-10(2)25-19(16)22-8-23-25/h5-8H,20H2,1-4H3,(H2,21,26). The highest BCUT2D eigenvalue weighted by Crippen LogP contribution is 2.38. The minimum Gasteiger partial charge on any atom is -0.496 e. The van der Waals surface area contributed by atoms with Gasteiger partial charge in [0.25, 0.3) is 5.91 Å². The molecule has 27 heavy (non-hydrogen) atoms. The van der Waals surface area contributed by atoms with Gasteiger partial charge in [-0.05, 0) is 38.5 Å². The molecule has 0 unspecified atom stereocenters. The van der Waals surface area contributed by atoms with Crippen molar-refractivity contribution in [1.29, 1.82) is 0 Å². The summed E-state index contributed by atoms with van der Waals surface area (Å²) in [5.41, 5.74) is 17.2. The van der Waals surface area contributed by atoms with Crippen LogP contribution in [0.4, 0.5) is 5.82 Å². The Morgan fingerprint density at radius 2 is 1.96 bits per heavy atom. The molecule has 8 heteroatoms. The van der Waals surface area contributed by atoms with Crippen molar-refractivity contribution in [2.24, 2.45) is 5.73 Å². The fourth-order valence-corrected chi connectivity index (χ4v) is 3.77. The number of nitrogens with two attached hydrogens (primary N) is 2. The summed E-state index contributed by atoms with van der Waals surface area (Å²) in [4.78, 5) is 16.6. The summed E-state index contributed by atoms with van der Waals surface area (Å²) in [6.45, 7) is 5.82. The normalized spacial score (nSPS) is 11.4. The summed E-state index contributed by atoms with van der Waals surface area (Å²) in [6.07, 6.45) is 1.48. The number of rotatable bonds is 3. The Labute approximate surface area is 155 Å². The number of aryl methyl sites for hydroxylation is 2. The first kappa shape index (κ1) is 16.9. The average molecular weight is 364 g/mol. The molecule has 4 aromatic rings. The maximum atomic E-state index is 12.2. The molecule has 0 atom stereocenters. The van der Waals surface area contributed by atoms with Gasteiger partial charge in [-0.15, -0.1) is 0 Å². The lowest BCUT2D eigenvalue weighted by molar-refractivity contribution is 0.100. The Kier molecular flexibility index (Phi) is 3.59. The average Bonchev–Trinajstić information content (AvgIpc) is 3.19. The van der Waals surface area contributed by atoms with Gasteiger partial charge >= 0.3 is 0 Å². The number of fused-ring (bicyclic) bond motifs is 3. The predicted molar refractivity (Wildman–Crippen MR) is 104 cm³/mol. The Hall–Kier alpha value is -3.55. The molecule has 1 aromatic carbocycles. The highest BCUT2D eigenvalue weighted by molar-refractivity contribution is 6.14. The van der Waals surface area contributed by atoms with Gasteiger partial charge in [-0.25, -0.2) is 9.50 Å². The highest BCUT2D eigenvalue weighted by Gasteiger charge is 2.25. The fraction of sp³-hybridized carbons (Fsp3) is 0.211. The third kappa shape index (κ3) is 2.19. The number of carbonyl (C=O) groups excluding carboxylic acids is 1. The van der Waals surface area contributed by atoms with Crippen molar-refractivity contribution in [2.75, 3.05) is 12.8 Å². The van der Waals surface area contributed by atoms with Crippen LogP contribution in [-0.2, 0) is 0 Å². The molecule has 0 spiro atoms. The molecular formula is C19H20N6O2. The maximum absolute atomic E-state index is 12.2. The number of hydrogen-bond donors (Lipinski definition) is 2. The van der Waals surface area contributed by atoms with E-state index in [0.717, 1.165) is 28.3 Å². The van der Waals surface area contributed by atoms with Crippen LogP contribution >= 0.6 is 0 Å². The first-order chi connectivity index (χ1) is 12.9. The maximum Gasteiger partial charge on any atom is 0.253 e. The molecule has 4 N–H and O–H groups in total. The Balaban J connectivity index is 2.28. The Morgan fingerprint density at radius 1 is 1.22 bits per heavy atom. The monoisotopic (exact) mass is 364 g/mol. The lowest BCUT2D eigenvalue weighted by atomic mass is 10.1. The van der Waals surface area contributed by atoms with Crippen molar-refractivity contribution in [3.8, 4) is 11.4 Å². The summed E-state index contributed by atoms with van der Waals surface area (Å²) in [7, 11) is 1.62. The molecule has 3 heterocycles. The number of benzene rings is 1. The van der Waals surface area contributed by atoms with E-state index in [1.807, 2.05) is 43.5 Å². The van der Waals surface area contributed by atoms with E-state index in [-0.39, 0.29) is 11.4 Å². The molecule has 0 aliphatic rings. The summed E-state index contributed by atoms with van der Waals surface area (Å²) in [5.74, 6) is 0.409. The van der Waals surface area contributed by atoms with Gasteiger partial charge < -0.3 is 16.2 Å². The zero-order chi connectivity index (χ0) is 19.5. The number of anilines is 1. The van der Waals surface area contributed by atoms with Crippen LogP contribution in [0.15, 0.2) is 24.5 Å². The van der Waals surface area contributed by atoms with E-state index in [9.17, 15) is 4.79 Å². The molecule has 0 radical (unpaired) electrons. The SMILES string of the molecule is COc1ccc(C)c(-n2c(N)c(C(N)=O)c3cc(C)n4ncnc4c32)c1C. The summed E-state index contributed by atoms with van der Waals surface area (Å²) < 4.78 is 9.02. The number of pyridine rings is 1.